The van der Waals surface area contributed by atoms with Crippen molar-refractivity contribution < 1.29 is 5.11 Å². The number of benzene rings is 4. The molecule has 0 unspecified atom stereocenters. The average Bonchev–Trinajstić information content (AvgIpc) is 3.01. The van der Waals surface area contributed by atoms with Gasteiger partial charge in [0.2, 0.25) is 0 Å². The molecular weight excluding hydrogens is 328 g/mol. The van der Waals surface area contributed by atoms with Crippen molar-refractivity contribution in [1.82, 2.24) is 0 Å². The van der Waals surface area contributed by atoms with Crippen LogP contribution in [-0.4, -0.2) is 5.11 Å². The van der Waals surface area contributed by atoms with Crippen LogP contribution in [0.25, 0.3) is 11.1 Å². The van der Waals surface area contributed by atoms with Crippen LogP contribution >= 0.6 is 0 Å². The summed E-state index contributed by atoms with van der Waals surface area (Å²) in [6.45, 7) is 2.12. The normalized spacial score (nSPS) is 13.8. The Labute approximate surface area is 159 Å². The smallest absolute Gasteiger partial charge is 0.115 e. The van der Waals surface area contributed by atoms with E-state index < -0.39 is 0 Å². The van der Waals surface area contributed by atoms with E-state index in [1.807, 2.05) is 12.1 Å². The first-order valence-electron chi connectivity index (χ1n) is 9.27. The van der Waals surface area contributed by atoms with Gasteiger partial charge in [-0.2, -0.15) is 0 Å². The van der Waals surface area contributed by atoms with Crippen molar-refractivity contribution in [2.24, 2.45) is 0 Å². The lowest BCUT2D eigenvalue weighted by Crippen LogP contribution is -2.28. The average molecular weight is 348 g/mol. The number of aromatic hydroxyl groups is 1. The molecule has 0 saturated heterocycles. The van der Waals surface area contributed by atoms with Crippen molar-refractivity contribution in [2.45, 2.75) is 12.3 Å². The van der Waals surface area contributed by atoms with Gasteiger partial charge in [-0.15, -0.1) is 0 Å². The molecule has 1 N–H and O–H groups in total. The van der Waals surface area contributed by atoms with Crippen LogP contribution in [0, 0.1) is 6.92 Å². The highest BCUT2D eigenvalue weighted by atomic mass is 16.3. The van der Waals surface area contributed by atoms with Gasteiger partial charge in [0.1, 0.15) is 5.75 Å². The molecular formula is C26H20O. The van der Waals surface area contributed by atoms with E-state index in [1.54, 1.807) is 12.1 Å². The fourth-order valence-electron chi connectivity index (χ4n) is 4.54. The minimum Gasteiger partial charge on any atom is -0.508 e. The zero-order valence-corrected chi connectivity index (χ0v) is 15.2. The predicted molar refractivity (Wildman–Crippen MR) is 110 cm³/mol. The van der Waals surface area contributed by atoms with Crippen LogP contribution in [0.3, 0.4) is 0 Å². The minimum absolute atomic E-state index is 0.289. The van der Waals surface area contributed by atoms with Gasteiger partial charge >= 0.3 is 0 Å². The third-order valence-electron chi connectivity index (χ3n) is 5.74. The third kappa shape index (κ3) is 2.18. The summed E-state index contributed by atoms with van der Waals surface area (Å²) in [4.78, 5) is 0. The Kier molecular flexibility index (Phi) is 3.45. The summed E-state index contributed by atoms with van der Waals surface area (Å²) in [6, 6.07) is 33.9. The van der Waals surface area contributed by atoms with E-state index in [1.165, 1.54) is 38.9 Å². The Balaban J connectivity index is 1.94. The van der Waals surface area contributed by atoms with Gasteiger partial charge in [0.15, 0.2) is 0 Å². The van der Waals surface area contributed by atoms with E-state index in [0.29, 0.717) is 0 Å². The Bertz CT molecular complexity index is 1030. The van der Waals surface area contributed by atoms with Crippen molar-refractivity contribution in [3.05, 3.63) is 125 Å². The molecule has 130 valence electrons. The maximum atomic E-state index is 9.88. The molecule has 1 aliphatic carbocycles. The summed E-state index contributed by atoms with van der Waals surface area (Å²) in [6.07, 6.45) is 0. The number of phenols is 1. The van der Waals surface area contributed by atoms with Crippen molar-refractivity contribution >= 4 is 0 Å². The van der Waals surface area contributed by atoms with E-state index >= 15 is 0 Å². The van der Waals surface area contributed by atoms with Gasteiger partial charge in [0, 0.05) is 0 Å². The minimum atomic E-state index is -0.380. The van der Waals surface area contributed by atoms with E-state index in [-0.39, 0.29) is 11.2 Å². The third-order valence-corrected chi connectivity index (χ3v) is 5.74. The van der Waals surface area contributed by atoms with Gasteiger partial charge in [-0.25, -0.2) is 0 Å². The lowest BCUT2D eigenvalue weighted by Gasteiger charge is -2.34. The first-order valence-corrected chi connectivity index (χ1v) is 9.27. The Morgan fingerprint density at radius 3 is 1.52 bits per heavy atom. The molecule has 0 amide bonds. The Hall–Kier alpha value is -3.32. The quantitative estimate of drug-likeness (QED) is 0.411. The lowest BCUT2D eigenvalue weighted by molar-refractivity contribution is 0.475. The van der Waals surface area contributed by atoms with Crippen LogP contribution in [0.15, 0.2) is 97.1 Å². The van der Waals surface area contributed by atoms with E-state index in [9.17, 15) is 5.11 Å². The first-order chi connectivity index (χ1) is 13.2. The summed E-state index contributed by atoms with van der Waals surface area (Å²) >= 11 is 0. The number of hydrogen-bond acceptors (Lipinski definition) is 1. The maximum absolute atomic E-state index is 9.88. The molecule has 4 aromatic rings. The van der Waals surface area contributed by atoms with Crippen molar-refractivity contribution in [1.29, 1.82) is 0 Å². The molecule has 1 heteroatoms. The summed E-state index contributed by atoms with van der Waals surface area (Å²) in [5.41, 5.74) is 8.43. The largest absolute Gasteiger partial charge is 0.508 e. The van der Waals surface area contributed by atoms with Crippen LogP contribution in [0.2, 0.25) is 0 Å². The molecule has 0 fully saturated rings. The van der Waals surface area contributed by atoms with Crippen LogP contribution in [0.4, 0.5) is 0 Å². The van der Waals surface area contributed by atoms with Crippen LogP contribution in [0.5, 0.6) is 5.75 Å². The monoisotopic (exact) mass is 348 g/mol. The van der Waals surface area contributed by atoms with Crippen LogP contribution < -0.4 is 0 Å². The zero-order chi connectivity index (χ0) is 18.4. The molecule has 27 heavy (non-hydrogen) atoms. The van der Waals surface area contributed by atoms with E-state index in [2.05, 4.69) is 79.7 Å². The number of hydrogen-bond donors (Lipinski definition) is 1. The standard InChI is InChI=1S/C26H20O/c1-18-10-12-19(13-11-18)26(20-14-16-21(27)17-15-20)24-8-4-2-6-22(24)23-7-3-5-9-25(23)26/h2-17,27H,1H3. The van der Waals surface area contributed by atoms with Gasteiger partial charge < -0.3 is 5.11 Å². The van der Waals surface area contributed by atoms with Crippen molar-refractivity contribution in [2.75, 3.05) is 0 Å². The fourth-order valence-corrected chi connectivity index (χ4v) is 4.54. The molecule has 0 heterocycles. The zero-order valence-electron chi connectivity index (χ0n) is 15.2. The number of fused-ring (bicyclic) bond motifs is 3. The second-order valence-corrected chi connectivity index (χ2v) is 7.25. The first kappa shape index (κ1) is 15.9. The van der Waals surface area contributed by atoms with Gasteiger partial charge in [-0.05, 0) is 52.4 Å². The molecule has 0 aromatic heterocycles. The van der Waals surface area contributed by atoms with E-state index in [0.717, 1.165) is 0 Å². The molecule has 0 radical (unpaired) electrons. The summed E-state index contributed by atoms with van der Waals surface area (Å²) in [5.74, 6) is 0.289. The highest BCUT2D eigenvalue weighted by molar-refractivity contribution is 5.86. The molecule has 0 aliphatic heterocycles. The highest BCUT2D eigenvalue weighted by Crippen LogP contribution is 2.55. The molecule has 1 aliphatic rings. The van der Waals surface area contributed by atoms with Gasteiger partial charge in [-0.1, -0.05) is 90.5 Å². The molecule has 4 aromatic carbocycles. The molecule has 0 atom stereocenters. The summed E-state index contributed by atoms with van der Waals surface area (Å²) in [5, 5.41) is 9.88. The Morgan fingerprint density at radius 1 is 0.556 bits per heavy atom. The summed E-state index contributed by atoms with van der Waals surface area (Å²) in [7, 11) is 0. The second kappa shape index (κ2) is 5.85. The van der Waals surface area contributed by atoms with Crippen molar-refractivity contribution in [3.8, 4) is 16.9 Å². The second-order valence-electron chi connectivity index (χ2n) is 7.25. The fraction of sp³-hybridized carbons (Fsp3) is 0.0769. The molecule has 5 rings (SSSR count). The lowest BCUT2D eigenvalue weighted by atomic mass is 9.67. The molecule has 0 saturated carbocycles. The SMILES string of the molecule is Cc1ccc(C2(c3ccc(O)cc3)c3ccccc3-c3ccccc32)cc1. The highest BCUT2D eigenvalue weighted by Gasteiger charge is 2.45. The van der Waals surface area contributed by atoms with Gasteiger partial charge in [0.05, 0.1) is 5.41 Å². The van der Waals surface area contributed by atoms with Crippen molar-refractivity contribution in [3.63, 3.8) is 0 Å². The number of rotatable bonds is 2. The van der Waals surface area contributed by atoms with Gasteiger partial charge in [-0.3, -0.25) is 0 Å². The number of phenolic OH excluding ortho intramolecular Hbond substituents is 1. The van der Waals surface area contributed by atoms with Crippen LogP contribution in [0.1, 0.15) is 27.8 Å². The van der Waals surface area contributed by atoms with E-state index in [4.69, 9.17) is 0 Å². The maximum Gasteiger partial charge on any atom is 0.115 e. The number of aryl methyl sites for hydroxylation is 1. The molecule has 0 bridgehead atoms. The topological polar surface area (TPSA) is 20.2 Å². The van der Waals surface area contributed by atoms with Gasteiger partial charge in [0.25, 0.3) is 0 Å². The Morgan fingerprint density at radius 2 is 1.00 bits per heavy atom. The molecule has 1 nitrogen and oxygen atoms in total. The predicted octanol–water partition coefficient (Wildman–Crippen LogP) is 6.06. The molecule has 0 spiro atoms. The summed E-state index contributed by atoms with van der Waals surface area (Å²) < 4.78 is 0. The van der Waals surface area contributed by atoms with Crippen LogP contribution in [-0.2, 0) is 5.41 Å².